The number of rotatable bonds is 9. The number of ether oxygens (including phenoxy) is 5. The summed E-state index contributed by atoms with van der Waals surface area (Å²) in [6.07, 6.45) is -0.883. The quantitative estimate of drug-likeness (QED) is 0.498. The van der Waals surface area contributed by atoms with Gasteiger partial charge in [-0.05, 0) is 35.4 Å². The average molecular weight is 515 g/mol. The number of thioether (sulfide) groups is 1. The van der Waals surface area contributed by atoms with Crippen LogP contribution in [0.4, 0.5) is 4.79 Å². The molecule has 9 nitrogen and oxygen atoms in total. The van der Waals surface area contributed by atoms with Crippen molar-refractivity contribution in [3.8, 4) is 11.5 Å². The molecule has 2 aromatic rings. The van der Waals surface area contributed by atoms with Gasteiger partial charge in [0.2, 0.25) is 0 Å². The number of carboxylic acid groups (broad SMARTS) is 1. The number of carbonyl (C=O) groups is 1. The number of fused-ring (bicyclic) bond motifs is 1. The Hall–Kier alpha value is -3.05. The van der Waals surface area contributed by atoms with Gasteiger partial charge < -0.3 is 28.8 Å². The van der Waals surface area contributed by atoms with Crippen LogP contribution in [-0.4, -0.2) is 72.3 Å². The van der Waals surface area contributed by atoms with Crippen molar-refractivity contribution < 1.29 is 33.6 Å². The number of methoxy groups -OCH3 is 2. The summed E-state index contributed by atoms with van der Waals surface area (Å²) in [4.78, 5) is 17.3. The third kappa shape index (κ3) is 5.84. The fraction of sp³-hybridized carbons (Fsp3) is 0.385. The molecule has 0 aromatic heterocycles. The number of nitrogens with zero attached hydrogens (tertiary/aromatic N) is 2. The smallest absolute Gasteiger partial charge is 0.413 e. The van der Waals surface area contributed by atoms with Crippen LogP contribution in [0.15, 0.2) is 66.2 Å². The molecule has 1 N–H and O–H groups in total. The maximum atomic E-state index is 11.5. The van der Waals surface area contributed by atoms with E-state index in [4.69, 9.17) is 23.7 Å². The Morgan fingerprint density at radius 2 is 1.56 bits per heavy atom. The molecular weight excluding hydrogens is 484 g/mol. The van der Waals surface area contributed by atoms with Crippen molar-refractivity contribution >= 4 is 23.0 Å². The van der Waals surface area contributed by atoms with Crippen molar-refractivity contribution in [2.24, 2.45) is 4.99 Å². The zero-order chi connectivity index (χ0) is 25.7. The number of hydrogen-bond donors (Lipinski definition) is 1. The summed E-state index contributed by atoms with van der Waals surface area (Å²) in [6, 6.07) is 14.8. The second-order valence-electron chi connectivity index (χ2n) is 8.31. The van der Waals surface area contributed by atoms with E-state index in [1.165, 1.54) is 18.8 Å². The van der Waals surface area contributed by atoms with Gasteiger partial charge in [0, 0.05) is 7.05 Å². The van der Waals surface area contributed by atoms with Crippen LogP contribution in [0.5, 0.6) is 11.5 Å². The largest absolute Gasteiger partial charge is 0.497 e. The van der Waals surface area contributed by atoms with Crippen LogP contribution in [0.1, 0.15) is 11.1 Å². The Morgan fingerprint density at radius 3 is 2.03 bits per heavy atom. The highest BCUT2D eigenvalue weighted by Crippen LogP contribution is 2.40. The molecule has 0 bridgehead atoms. The summed E-state index contributed by atoms with van der Waals surface area (Å²) in [5, 5.41) is 9.79. The molecule has 36 heavy (non-hydrogen) atoms. The molecule has 0 radical (unpaired) electrons. The van der Waals surface area contributed by atoms with E-state index in [9.17, 15) is 9.90 Å². The van der Waals surface area contributed by atoms with E-state index < -0.39 is 35.9 Å². The van der Waals surface area contributed by atoms with Gasteiger partial charge in [-0.1, -0.05) is 42.1 Å². The van der Waals surface area contributed by atoms with Crippen molar-refractivity contribution in [3.63, 3.8) is 0 Å². The predicted octanol–water partition coefficient (Wildman–Crippen LogP) is 4.17. The fourth-order valence-electron chi connectivity index (χ4n) is 3.99. The zero-order valence-corrected chi connectivity index (χ0v) is 21.2. The van der Waals surface area contributed by atoms with E-state index >= 15 is 0 Å². The molecular formula is C26H30N2O7S. The molecule has 1 fully saturated rings. The maximum Gasteiger partial charge on any atom is 0.413 e. The molecule has 0 saturated carbocycles. The Labute approximate surface area is 214 Å². The molecule has 0 aliphatic carbocycles. The minimum atomic E-state index is -1.09. The molecule has 0 spiro atoms. The first-order chi connectivity index (χ1) is 17.4. The molecule has 2 aromatic carbocycles. The third-order valence-electron chi connectivity index (χ3n) is 6.04. The van der Waals surface area contributed by atoms with Crippen LogP contribution < -0.4 is 9.47 Å². The van der Waals surface area contributed by atoms with Crippen LogP contribution in [0.2, 0.25) is 0 Å². The van der Waals surface area contributed by atoms with Gasteiger partial charge in [-0.2, -0.15) is 0 Å². The van der Waals surface area contributed by atoms with Crippen LogP contribution in [0.25, 0.3) is 0 Å². The topological polar surface area (TPSA) is 99.1 Å². The lowest BCUT2D eigenvalue weighted by molar-refractivity contribution is -0.184. The highest BCUT2D eigenvalue weighted by molar-refractivity contribution is 8.14. The van der Waals surface area contributed by atoms with Gasteiger partial charge >= 0.3 is 6.09 Å². The first-order valence-corrected chi connectivity index (χ1v) is 12.3. The van der Waals surface area contributed by atoms with Gasteiger partial charge in [-0.25, -0.2) is 4.79 Å². The number of benzene rings is 2. The number of amidine groups is 1. The number of aliphatic imine (C=N–C) groups is 1. The Kier molecular flexibility index (Phi) is 8.52. The summed E-state index contributed by atoms with van der Waals surface area (Å²) >= 11 is 1.26. The van der Waals surface area contributed by atoms with Gasteiger partial charge in [-0.3, -0.25) is 9.89 Å². The molecule has 0 unspecified atom stereocenters. The van der Waals surface area contributed by atoms with Crippen molar-refractivity contribution in [1.29, 1.82) is 0 Å². The third-order valence-corrected chi connectivity index (χ3v) is 7.26. The highest BCUT2D eigenvalue weighted by atomic mass is 32.2. The molecule has 192 valence electrons. The van der Waals surface area contributed by atoms with Crippen LogP contribution >= 0.6 is 11.8 Å². The molecule has 4 rings (SSSR count). The molecule has 2 aliphatic rings. The van der Waals surface area contributed by atoms with Gasteiger partial charge in [0.25, 0.3) is 0 Å². The monoisotopic (exact) mass is 514 g/mol. The summed E-state index contributed by atoms with van der Waals surface area (Å²) in [6.45, 7) is 4.57. The van der Waals surface area contributed by atoms with E-state index in [0.717, 1.165) is 27.5 Å². The lowest BCUT2D eigenvalue weighted by atomic mass is 9.97. The van der Waals surface area contributed by atoms with Gasteiger partial charge in [0.1, 0.15) is 41.3 Å². The molecule has 2 heterocycles. The van der Waals surface area contributed by atoms with Crippen molar-refractivity contribution in [2.75, 3.05) is 21.3 Å². The van der Waals surface area contributed by atoms with Crippen LogP contribution in [-0.2, 0) is 27.4 Å². The first kappa shape index (κ1) is 26.0. The summed E-state index contributed by atoms with van der Waals surface area (Å²) in [5.74, 6) is 1.52. The van der Waals surface area contributed by atoms with Crippen LogP contribution in [0.3, 0.4) is 0 Å². The molecule has 5 atom stereocenters. The van der Waals surface area contributed by atoms with Crippen molar-refractivity contribution in [1.82, 2.24) is 4.90 Å². The average Bonchev–Trinajstić information content (AvgIpc) is 3.34. The van der Waals surface area contributed by atoms with Crippen molar-refractivity contribution in [3.05, 3.63) is 72.3 Å². The van der Waals surface area contributed by atoms with Crippen LogP contribution in [0, 0.1) is 0 Å². The molecule has 2 aliphatic heterocycles. The zero-order valence-electron chi connectivity index (χ0n) is 20.4. The lowest BCUT2D eigenvalue weighted by Crippen LogP contribution is -2.56. The fourth-order valence-corrected chi connectivity index (χ4v) is 5.16. The van der Waals surface area contributed by atoms with Gasteiger partial charge in [0.15, 0.2) is 5.17 Å². The Bertz CT molecular complexity index is 1080. The van der Waals surface area contributed by atoms with Gasteiger partial charge in [-0.15, -0.1) is 6.58 Å². The van der Waals surface area contributed by atoms with E-state index in [2.05, 4.69) is 11.6 Å². The SMILES string of the molecule is C=C[C@H]1O[C@@H]2SC(N(C)C(=O)O)=N[C@@H]2[C@@H](OCc2ccc(OC)cc2)[C@@H]1OCc1ccc(OC)cc1. The van der Waals surface area contributed by atoms with E-state index in [1.54, 1.807) is 20.3 Å². The van der Waals surface area contributed by atoms with Gasteiger partial charge in [0.05, 0.1) is 27.4 Å². The maximum absolute atomic E-state index is 11.5. The highest BCUT2D eigenvalue weighted by Gasteiger charge is 2.50. The number of amides is 1. The summed E-state index contributed by atoms with van der Waals surface area (Å²) in [5.41, 5.74) is 1.50. The minimum Gasteiger partial charge on any atom is -0.497 e. The predicted molar refractivity (Wildman–Crippen MR) is 137 cm³/mol. The summed E-state index contributed by atoms with van der Waals surface area (Å²) in [7, 11) is 4.70. The Morgan fingerprint density at radius 1 is 1.03 bits per heavy atom. The second kappa shape index (κ2) is 11.8. The lowest BCUT2D eigenvalue weighted by Gasteiger charge is -2.41. The minimum absolute atomic E-state index is 0.314. The molecule has 10 heteroatoms. The Balaban J connectivity index is 1.57. The first-order valence-electron chi connectivity index (χ1n) is 11.4. The van der Waals surface area contributed by atoms with E-state index in [-0.39, 0.29) is 0 Å². The van der Waals surface area contributed by atoms with E-state index in [1.807, 2.05) is 48.5 Å². The standard InChI is InChI=1S/C26H30N2O7S/c1-5-20-22(33-14-16-6-10-18(31-3)11-7-16)23(34-15-17-8-12-19(32-4)13-9-17)21-24(35-20)36-25(27-21)28(2)26(29)30/h5-13,20-24H,1,14-15H2,2-4H3,(H,29,30)/t20-,21-,22-,23-,24-/m1/s1. The van der Waals surface area contributed by atoms with Crippen molar-refractivity contribution in [2.45, 2.75) is 43.0 Å². The normalized spacial score (nSPS) is 25.0. The molecule has 1 amide bonds. The second-order valence-corrected chi connectivity index (χ2v) is 9.38. The summed E-state index contributed by atoms with van der Waals surface area (Å²) < 4.78 is 29.5. The number of hydrogen-bond acceptors (Lipinski definition) is 8. The molecule has 1 saturated heterocycles. The van der Waals surface area contributed by atoms with E-state index in [0.29, 0.717) is 18.4 Å².